The third-order valence-electron chi connectivity index (χ3n) is 6.08. The molecule has 10 heteroatoms. The Balaban J connectivity index is 1.69. The summed E-state index contributed by atoms with van der Waals surface area (Å²) in [5.41, 5.74) is 2.99. The number of sulfonamides is 1. The lowest BCUT2D eigenvalue weighted by Crippen LogP contribution is -2.37. The number of benzene rings is 2. The molecule has 0 aliphatic rings. The number of hydrogen-bond donors (Lipinski definition) is 0. The molecular formula is C29H33ClN4O3S2. The Hall–Kier alpha value is -2.85. The van der Waals surface area contributed by atoms with Crippen molar-refractivity contribution < 1.29 is 13.2 Å². The van der Waals surface area contributed by atoms with E-state index in [1.54, 1.807) is 29.4 Å². The van der Waals surface area contributed by atoms with Crippen LogP contribution in [0.3, 0.4) is 0 Å². The van der Waals surface area contributed by atoms with Crippen LogP contribution in [0, 0.1) is 18.8 Å². The minimum absolute atomic E-state index is 0.172. The van der Waals surface area contributed by atoms with Crippen molar-refractivity contribution in [1.29, 1.82) is 0 Å². The van der Waals surface area contributed by atoms with E-state index in [4.69, 9.17) is 16.6 Å². The van der Waals surface area contributed by atoms with Crippen molar-refractivity contribution in [2.24, 2.45) is 11.8 Å². The number of aryl methyl sites for hydroxylation is 1. The normalized spacial score (nSPS) is 12.1. The van der Waals surface area contributed by atoms with Gasteiger partial charge in [-0.15, -0.1) is 0 Å². The first kappa shape index (κ1) is 29.1. The van der Waals surface area contributed by atoms with Crippen molar-refractivity contribution in [2.75, 3.05) is 18.0 Å². The van der Waals surface area contributed by atoms with Gasteiger partial charge in [-0.3, -0.25) is 14.7 Å². The van der Waals surface area contributed by atoms with Crippen molar-refractivity contribution in [3.05, 3.63) is 82.6 Å². The van der Waals surface area contributed by atoms with Crippen molar-refractivity contribution in [3.8, 4) is 0 Å². The number of carbonyl (C=O) groups excluding carboxylic acids is 1. The van der Waals surface area contributed by atoms with Crippen LogP contribution in [-0.2, 0) is 16.6 Å². The molecule has 0 N–H and O–H groups in total. The summed E-state index contributed by atoms with van der Waals surface area (Å²) in [4.78, 5) is 24.5. The fourth-order valence-corrected chi connectivity index (χ4v) is 7.50. The summed E-state index contributed by atoms with van der Waals surface area (Å²) < 4.78 is 29.3. The first-order valence-corrected chi connectivity index (χ1v) is 15.5. The van der Waals surface area contributed by atoms with Crippen LogP contribution in [0.2, 0.25) is 5.02 Å². The number of rotatable bonds is 10. The minimum Gasteiger partial charge on any atom is -0.279 e. The second kappa shape index (κ2) is 12.1. The molecule has 206 valence electrons. The molecule has 0 aliphatic carbocycles. The number of pyridine rings is 1. The molecule has 0 atom stereocenters. The predicted octanol–water partition coefficient (Wildman–Crippen LogP) is 6.80. The topological polar surface area (TPSA) is 83.5 Å². The summed E-state index contributed by atoms with van der Waals surface area (Å²) in [6, 6.07) is 13.6. The molecule has 0 aliphatic heterocycles. The van der Waals surface area contributed by atoms with E-state index in [0.29, 0.717) is 28.8 Å². The van der Waals surface area contributed by atoms with Gasteiger partial charge in [-0.25, -0.2) is 13.4 Å². The quantitative estimate of drug-likeness (QED) is 0.205. The maximum absolute atomic E-state index is 13.9. The molecule has 2 heterocycles. The zero-order chi connectivity index (χ0) is 28.3. The third kappa shape index (κ3) is 6.84. The van der Waals surface area contributed by atoms with Gasteiger partial charge in [0.25, 0.3) is 5.91 Å². The summed E-state index contributed by atoms with van der Waals surface area (Å²) in [7, 11) is -3.70. The van der Waals surface area contributed by atoms with Crippen molar-refractivity contribution in [2.45, 2.75) is 46.1 Å². The van der Waals surface area contributed by atoms with Gasteiger partial charge in [-0.1, -0.05) is 50.6 Å². The van der Waals surface area contributed by atoms with Gasteiger partial charge in [-0.05, 0) is 78.4 Å². The van der Waals surface area contributed by atoms with Crippen LogP contribution in [0.1, 0.15) is 49.2 Å². The highest BCUT2D eigenvalue weighted by Gasteiger charge is 2.27. The number of nitrogens with zero attached hydrogens (tertiary/aromatic N) is 4. The lowest BCUT2D eigenvalue weighted by atomic mass is 10.2. The molecule has 0 spiro atoms. The number of fused-ring (bicyclic) bond motifs is 1. The predicted molar refractivity (Wildman–Crippen MR) is 159 cm³/mol. The van der Waals surface area contributed by atoms with Crippen molar-refractivity contribution in [3.63, 3.8) is 0 Å². The first-order valence-electron chi connectivity index (χ1n) is 12.8. The van der Waals surface area contributed by atoms with E-state index >= 15 is 0 Å². The third-order valence-corrected chi connectivity index (χ3v) is 9.17. The summed E-state index contributed by atoms with van der Waals surface area (Å²) in [6.45, 7) is 11.1. The molecule has 0 radical (unpaired) electrons. The SMILES string of the molecule is Cc1cc(Cl)cc2sc(N(Cc3ccncc3)C(=O)c3ccc(S(=O)(=O)N(CC(C)C)CC(C)C)cc3)nc12. The maximum atomic E-state index is 13.9. The molecule has 2 aromatic carbocycles. The smallest absolute Gasteiger partial charge is 0.260 e. The molecule has 0 saturated heterocycles. The van der Waals surface area contributed by atoms with Gasteiger partial charge >= 0.3 is 0 Å². The summed E-state index contributed by atoms with van der Waals surface area (Å²) in [5.74, 6) is 0.0988. The number of anilines is 1. The van der Waals surface area contributed by atoms with Crippen LogP contribution < -0.4 is 4.90 Å². The number of amides is 1. The molecule has 7 nitrogen and oxygen atoms in total. The van der Waals surface area contributed by atoms with Crippen LogP contribution in [-0.4, -0.2) is 41.7 Å². The second-order valence-corrected chi connectivity index (χ2v) is 13.8. The zero-order valence-electron chi connectivity index (χ0n) is 22.8. The lowest BCUT2D eigenvalue weighted by Gasteiger charge is -2.26. The van der Waals surface area contributed by atoms with E-state index in [0.717, 1.165) is 21.3 Å². The van der Waals surface area contributed by atoms with Gasteiger partial charge in [0.1, 0.15) is 0 Å². The van der Waals surface area contributed by atoms with Gasteiger partial charge in [0.15, 0.2) is 5.13 Å². The average molecular weight is 585 g/mol. The molecule has 4 aromatic rings. The summed E-state index contributed by atoms with van der Waals surface area (Å²) in [5, 5.41) is 1.15. The number of thiazole rings is 1. The molecule has 0 bridgehead atoms. The largest absolute Gasteiger partial charge is 0.279 e. The molecule has 1 amide bonds. The van der Waals surface area contributed by atoms with Crippen molar-refractivity contribution in [1.82, 2.24) is 14.3 Å². The van der Waals surface area contributed by atoms with Gasteiger partial charge in [0.2, 0.25) is 10.0 Å². The second-order valence-electron chi connectivity index (χ2n) is 10.4. The summed E-state index contributed by atoms with van der Waals surface area (Å²) >= 11 is 7.66. The van der Waals surface area contributed by atoms with Crippen LogP contribution in [0.5, 0.6) is 0 Å². The molecule has 0 saturated carbocycles. The highest BCUT2D eigenvalue weighted by Crippen LogP contribution is 2.34. The molecule has 0 unspecified atom stereocenters. The summed E-state index contributed by atoms with van der Waals surface area (Å²) in [6.07, 6.45) is 3.36. The van der Waals surface area contributed by atoms with E-state index in [9.17, 15) is 13.2 Å². The monoisotopic (exact) mass is 584 g/mol. The van der Waals surface area contributed by atoms with Gasteiger partial charge in [0, 0.05) is 36.1 Å². The standard InChI is InChI=1S/C29H33ClN4O3S2/c1-19(2)16-33(17-20(3)4)39(36,37)25-8-6-23(7-9-25)28(35)34(18-22-10-12-31-13-11-22)29-32-27-21(5)14-24(30)15-26(27)38-29/h6-15,19-20H,16-18H2,1-5H3. The highest BCUT2D eigenvalue weighted by atomic mass is 35.5. The van der Waals surface area contributed by atoms with Gasteiger partial charge in [0.05, 0.1) is 21.7 Å². The Morgan fingerprint density at radius 1 is 0.974 bits per heavy atom. The average Bonchev–Trinajstić information content (AvgIpc) is 3.31. The molecule has 2 aromatic heterocycles. The van der Waals surface area contributed by atoms with Crippen LogP contribution in [0.25, 0.3) is 10.2 Å². The highest BCUT2D eigenvalue weighted by molar-refractivity contribution is 7.89. The zero-order valence-corrected chi connectivity index (χ0v) is 25.1. The number of carbonyl (C=O) groups is 1. The fourth-order valence-electron chi connectivity index (χ4n) is 4.31. The molecular weight excluding hydrogens is 552 g/mol. The van der Waals surface area contributed by atoms with E-state index in [2.05, 4.69) is 4.98 Å². The Bertz CT molecular complexity index is 1540. The minimum atomic E-state index is -3.70. The number of aromatic nitrogens is 2. The van der Waals surface area contributed by atoms with Crippen molar-refractivity contribution >= 4 is 54.2 Å². The van der Waals surface area contributed by atoms with Crippen LogP contribution in [0.15, 0.2) is 65.8 Å². The molecule has 0 fully saturated rings. The van der Waals surface area contributed by atoms with E-state index in [-0.39, 0.29) is 29.2 Å². The van der Waals surface area contributed by atoms with E-state index in [1.165, 1.54) is 27.8 Å². The Morgan fingerprint density at radius 2 is 1.59 bits per heavy atom. The maximum Gasteiger partial charge on any atom is 0.260 e. The molecule has 4 rings (SSSR count). The lowest BCUT2D eigenvalue weighted by molar-refractivity contribution is 0.0985. The van der Waals surface area contributed by atoms with Gasteiger partial charge < -0.3 is 0 Å². The van der Waals surface area contributed by atoms with Gasteiger partial charge in [-0.2, -0.15) is 4.31 Å². The van der Waals surface area contributed by atoms with E-state index in [1.807, 2.05) is 58.9 Å². The Morgan fingerprint density at radius 3 is 2.18 bits per heavy atom. The Kier molecular flexibility index (Phi) is 9.06. The van der Waals surface area contributed by atoms with E-state index < -0.39 is 10.0 Å². The fraction of sp³-hybridized carbons (Fsp3) is 0.345. The van der Waals surface area contributed by atoms with Crippen LogP contribution in [0.4, 0.5) is 5.13 Å². The number of hydrogen-bond acceptors (Lipinski definition) is 6. The number of halogens is 1. The first-order chi connectivity index (χ1) is 18.5. The van der Waals surface area contributed by atoms with Crippen LogP contribution >= 0.6 is 22.9 Å². The Labute approximate surface area is 239 Å². The molecule has 39 heavy (non-hydrogen) atoms.